The molecule has 0 aliphatic heterocycles. The molecule has 94 valence electrons. The molecule has 0 fully saturated rings. The molecule has 0 saturated carbocycles. The van der Waals surface area contributed by atoms with E-state index >= 15 is 0 Å². The van der Waals surface area contributed by atoms with Crippen molar-refractivity contribution in [3.8, 4) is 0 Å². The number of aryl methyl sites for hydroxylation is 1. The number of benzene rings is 1. The van der Waals surface area contributed by atoms with E-state index in [1.807, 2.05) is 13.0 Å². The third-order valence-corrected chi connectivity index (χ3v) is 4.97. The quantitative estimate of drug-likeness (QED) is 0.807. The Morgan fingerprint density at radius 2 is 1.89 bits per heavy atom. The standard InChI is InChI=1S/C13H11ClO2S2/c1-9-2-7-13(17-9)12(15)8-18(16)11-5-3-10(14)4-6-11/h2-7H,8H2,1H3. The summed E-state index contributed by atoms with van der Waals surface area (Å²) in [4.78, 5) is 14.3. The first-order valence-electron chi connectivity index (χ1n) is 5.30. The van der Waals surface area contributed by atoms with Gasteiger partial charge in [-0.3, -0.25) is 9.00 Å². The van der Waals surface area contributed by atoms with Crippen molar-refractivity contribution in [2.75, 3.05) is 5.75 Å². The number of ketones is 1. The molecule has 0 aliphatic carbocycles. The summed E-state index contributed by atoms with van der Waals surface area (Å²) in [6.07, 6.45) is 0. The zero-order valence-electron chi connectivity index (χ0n) is 9.68. The highest BCUT2D eigenvalue weighted by molar-refractivity contribution is 7.85. The van der Waals surface area contributed by atoms with E-state index in [0.717, 1.165) is 4.88 Å². The van der Waals surface area contributed by atoms with E-state index in [9.17, 15) is 9.00 Å². The summed E-state index contributed by atoms with van der Waals surface area (Å²) in [6, 6.07) is 10.4. The van der Waals surface area contributed by atoms with Gasteiger partial charge in [0, 0.05) is 14.8 Å². The fourth-order valence-electron chi connectivity index (χ4n) is 1.44. The van der Waals surface area contributed by atoms with Gasteiger partial charge >= 0.3 is 0 Å². The Labute approximate surface area is 117 Å². The largest absolute Gasteiger partial charge is 0.292 e. The van der Waals surface area contributed by atoms with E-state index in [2.05, 4.69) is 0 Å². The molecule has 18 heavy (non-hydrogen) atoms. The maximum atomic E-state index is 12.0. The normalized spacial score (nSPS) is 12.3. The molecule has 1 heterocycles. The third-order valence-electron chi connectivity index (χ3n) is 2.35. The number of rotatable bonds is 4. The number of carbonyl (C=O) groups is 1. The van der Waals surface area contributed by atoms with Crippen molar-refractivity contribution in [1.82, 2.24) is 0 Å². The highest BCUT2D eigenvalue weighted by Gasteiger charge is 2.13. The molecule has 0 saturated heterocycles. The second kappa shape index (κ2) is 5.78. The highest BCUT2D eigenvalue weighted by atomic mass is 35.5. The van der Waals surface area contributed by atoms with Crippen LogP contribution >= 0.6 is 22.9 Å². The molecule has 0 amide bonds. The predicted octanol–water partition coefficient (Wildman–Crippen LogP) is 3.70. The Morgan fingerprint density at radius 3 is 2.44 bits per heavy atom. The fourth-order valence-corrected chi connectivity index (χ4v) is 3.47. The van der Waals surface area contributed by atoms with Crippen LogP contribution in [0.15, 0.2) is 41.3 Å². The number of halogens is 1. The number of hydrogen-bond acceptors (Lipinski definition) is 3. The smallest absolute Gasteiger partial charge is 0.185 e. The van der Waals surface area contributed by atoms with Crippen LogP contribution in [0.1, 0.15) is 14.5 Å². The summed E-state index contributed by atoms with van der Waals surface area (Å²) in [5.74, 6) is -0.0666. The predicted molar refractivity (Wildman–Crippen MR) is 76.1 cm³/mol. The molecule has 1 aromatic heterocycles. The zero-order valence-corrected chi connectivity index (χ0v) is 12.1. The van der Waals surface area contributed by atoms with Gasteiger partial charge in [-0.1, -0.05) is 11.6 Å². The molecule has 0 radical (unpaired) electrons. The van der Waals surface area contributed by atoms with Gasteiger partial charge in [0.25, 0.3) is 0 Å². The molecular weight excluding hydrogens is 288 g/mol. The van der Waals surface area contributed by atoms with Crippen molar-refractivity contribution < 1.29 is 9.00 Å². The van der Waals surface area contributed by atoms with Gasteiger partial charge in [-0.2, -0.15) is 0 Å². The summed E-state index contributed by atoms with van der Waals surface area (Å²) >= 11 is 7.19. The van der Waals surface area contributed by atoms with Crippen LogP contribution in [0.4, 0.5) is 0 Å². The molecule has 5 heteroatoms. The Balaban J connectivity index is 2.08. The number of thiophene rings is 1. The van der Waals surface area contributed by atoms with Crippen LogP contribution in [-0.2, 0) is 10.8 Å². The molecule has 0 bridgehead atoms. The van der Waals surface area contributed by atoms with Crippen LogP contribution in [0.3, 0.4) is 0 Å². The molecule has 0 N–H and O–H groups in total. The summed E-state index contributed by atoms with van der Waals surface area (Å²) in [5.41, 5.74) is 0. The average Bonchev–Trinajstić information content (AvgIpc) is 2.76. The third kappa shape index (κ3) is 3.28. The Bertz CT molecular complexity index is 587. The van der Waals surface area contributed by atoms with Crippen molar-refractivity contribution in [2.45, 2.75) is 11.8 Å². The second-order valence-electron chi connectivity index (χ2n) is 3.78. The van der Waals surface area contributed by atoms with Crippen LogP contribution in [0.2, 0.25) is 5.02 Å². The monoisotopic (exact) mass is 298 g/mol. The van der Waals surface area contributed by atoms with Gasteiger partial charge < -0.3 is 0 Å². The number of Topliss-reactive ketones (excluding diaryl/α,β-unsaturated/α-hetero) is 1. The Morgan fingerprint density at radius 1 is 1.22 bits per heavy atom. The first-order valence-corrected chi connectivity index (χ1v) is 7.81. The minimum Gasteiger partial charge on any atom is -0.292 e. The molecule has 2 aromatic rings. The van der Waals surface area contributed by atoms with Crippen LogP contribution < -0.4 is 0 Å². The minimum atomic E-state index is -1.31. The number of carbonyl (C=O) groups excluding carboxylic acids is 1. The fraction of sp³-hybridized carbons (Fsp3) is 0.154. The van der Waals surface area contributed by atoms with E-state index in [4.69, 9.17) is 11.6 Å². The maximum Gasteiger partial charge on any atom is 0.185 e. The highest BCUT2D eigenvalue weighted by Crippen LogP contribution is 2.18. The molecule has 1 aromatic carbocycles. The van der Waals surface area contributed by atoms with Crippen molar-refractivity contribution in [3.05, 3.63) is 51.2 Å². The topological polar surface area (TPSA) is 34.1 Å². The molecule has 0 aliphatic rings. The van der Waals surface area contributed by atoms with Crippen molar-refractivity contribution in [2.24, 2.45) is 0 Å². The van der Waals surface area contributed by atoms with Crippen LogP contribution in [0.5, 0.6) is 0 Å². The van der Waals surface area contributed by atoms with Gasteiger partial charge in [0.15, 0.2) is 5.78 Å². The van der Waals surface area contributed by atoms with Gasteiger partial charge in [0.1, 0.15) is 0 Å². The van der Waals surface area contributed by atoms with Crippen LogP contribution in [0.25, 0.3) is 0 Å². The summed E-state index contributed by atoms with van der Waals surface area (Å²) < 4.78 is 12.0. The van der Waals surface area contributed by atoms with Crippen molar-refractivity contribution in [3.63, 3.8) is 0 Å². The van der Waals surface area contributed by atoms with E-state index in [0.29, 0.717) is 14.8 Å². The lowest BCUT2D eigenvalue weighted by molar-refractivity contribution is 0.102. The summed E-state index contributed by atoms with van der Waals surface area (Å²) in [7, 11) is -1.31. The summed E-state index contributed by atoms with van der Waals surface area (Å²) in [5, 5.41) is 0.593. The first-order chi connectivity index (χ1) is 8.56. The summed E-state index contributed by atoms with van der Waals surface area (Å²) in [6.45, 7) is 1.94. The lowest BCUT2D eigenvalue weighted by Gasteiger charge is -2.00. The van der Waals surface area contributed by atoms with Gasteiger partial charge in [0.05, 0.1) is 21.4 Å². The zero-order chi connectivity index (χ0) is 13.1. The minimum absolute atomic E-state index is 0.0155. The Hall–Kier alpha value is -0.970. The van der Waals surface area contributed by atoms with E-state index < -0.39 is 10.8 Å². The van der Waals surface area contributed by atoms with E-state index in [-0.39, 0.29) is 11.5 Å². The number of hydrogen-bond donors (Lipinski definition) is 0. The van der Waals surface area contributed by atoms with Crippen molar-refractivity contribution >= 4 is 39.5 Å². The first kappa shape index (κ1) is 13.5. The van der Waals surface area contributed by atoms with Gasteiger partial charge in [-0.25, -0.2) is 0 Å². The lowest BCUT2D eigenvalue weighted by atomic mass is 10.3. The van der Waals surface area contributed by atoms with Crippen LogP contribution in [-0.4, -0.2) is 15.7 Å². The lowest BCUT2D eigenvalue weighted by Crippen LogP contribution is -2.09. The molecule has 0 spiro atoms. The van der Waals surface area contributed by atoms with Crippen LogP contribution in [0, 0.1) is 6.92 Å². The molecule has 2 nitrogen and oxygen atoms in total. The second-order valence-corrected chi connectivity index (χ2v) is 6.95. The maximum absolute atomic E-state index is 12.0. The van der Waals surface area contributed by atoms with Gasteiger partial charge in [-0.15, -0.1) is 11.3 Å². The molecule has 2 rings (SSSR count). The van der Waals surface area contributed by atoms with E-state index in [1.165, 1.54) is 11.3 Å². The molecular formula is C13H11ClO2S2. The SMILES string of the molecule is Cc1ccc(C(=O)CS(=O)c2ccc(Cl)cc2)s1. The molecule has 1 atom stereocenters. The average molecular weight is 299 g/mol. The van der Waals surface area contributed by atoms with Crippen molar-refractivity contribution in [1.29, 1.82) is 0 Å². The van der Waals surface area contributed by atoms with E-state index in [1.54, 1.807) is 30.3 Å². The Kier molecular flexibility index (Phi) is 4.32. The van der Waals surface area contributed by atoms with Gasteiger partial charge in [-0.05, 0) is 43.3 Å². The van der Waals surface area contributed by atoms with Gasteiger partial charge in [0.2, 0.25) is 0 Å². The molecule has 1 unspecified atom stereocenters.